The number of carbonyl (C=O) groups excluding carboxylic acids is 3. The molecule has 0 saturated heterocycles. The van der Waals surface area contributed by atoms with Crippen LogP contribution in [0, 0.1) is 13.8 Å². The lowest BCUT2D eigenvalue weighted by Gasteiger charge is -2.14. The van der Waals surface area contributed by atoms with Crippen LogP contribution in [0.3, 0.4) is 0 Å². The van der Waals surface area contributed by atoms with Crippen LogP contribution in [0.2, 0.25) is 0 Å². The summed E-state index contributed by atoms with van der Waals surface area (Å²) in [6.45, 7) is 4.29. The number of hydrogen-bond donors (Lipinski definition) is 3. The molecule has 0 radical (unpaired) electrons. The predicted molar refractivity (Wildman–Crippen MR) is 117 cm³/mol. The van der Waals surface area contributed by atoms with Gasteiger partial charge in [0.25, 0.3) is 5.91 Å². The minimum absolute atomic E-state index is 0.186. The molecule has 8 nitrogen and oxygen atoms in total. The van der Waals surface area contributed by atoms with Gasteiger partial charge in [-0.05, 0) is 31.5 Å². The Hall–Kier alpha value is -3.94. The SMILES string of the molecule is Cc1nn(Cc2ccccc2)c(C)c1NC(=O)CC1NC(=O)c2ccccc2NC1=O. The molecule has 3 aromatic rings. The maximum absolute atomic E-state index is 12.7. The highest BCUT2D eigenvalue weighted by molar-refractivity contribution is 6.11. The third-order valence-corrected chi connectivity index (χ3v) is 5.26. The van der Waals surface area contributed by atoms with Crippen molar-refractivity contribution in [3.8, 4) is 0 Å². The van der Waals surface area contributed by atoms with Crippen molar-refractivity contribution in [3.63, 3.8) is 0 Å². The molecule has 0 aliphatic carbocycles. The van der Waals surface area contributed by atoms with Gasteiger partial charge in [-0.25, -0.2) is 0 Å². The highest BCUT2D eigenvalue weighted by Crippen LogP contribution is 2.22. The summed E-state index contributed by atoms with van der Waals surface area (Å²) in [5, 5.41) is 12.7. The summed E-state index contributed by atoms with van der Waals surface area (Å²) in [7, 11) is 0. The zero-order valence-electron chi connectivity index (χ0n) is 17.3. The highest BCUT2D eigenvalue weighted by atomic mass is 16.2. The van der Waals surface area contributed by atoms with Crippen LogP contribution >= 0.6 is 0 Å². The van der Waals surface area contributed by atoms with Crippen molar-refractivity contribution < 1.29 is 14.4 Å². The van der Waals surface area contributed by atoms with Gasteiger partial charge in [0.2, 0.25) is 11.8 Å². The minimum atomic E-state index is -0.972. The normalized spacial score (nSPS) is 15.5. The van der Waals surface area contributed by atoms with Crippen molar-refractivity contribution in [2.75, 3.05) is 10.6 Å². The van der Waals surface area contributed by atoms with Gasteiger partial charge in [-0.15, -0.1) is 0 Å². The van der Waals surface area contributed by atoms with Crippen LogP contribution in [0.4, 0.5) is 11.4 Å². The van der Waals surface area contributed by atoms with Crippen LogP contribution in [0.25, 0.3) is 0 Å². The van der Waals surface area contributed by atoms with Gasteiger partial charge in [0.1, 0.15) is 6.04 Å². The summed E-state index contributed by atoms with van der Waals surface area (Å²) in [4.78, 5) is 37.7. The first kappa shape index (κ1) is 20.3. The Labute approximate surface area is 179 Å². The largest absolute Gasteiger partial charge is 0.340 e. The van der Waals surface area contributed by atoms with E-state index >= 15 is 0 Å². The van der Waals surface area contributed by atoms with Crippen molar-refractivity contribution in [1.82, 2.24) is 15.1 Å². The molecule has 0 saturated carbocycles. The number of nitrogens with zero attached hydrogens (tertiary/aromatic N) is 2. The average Bonchev–Trinajstić information content (AvgIpc) is 2.94. The molecule has 158 valence electrons. The second-order valence-corrected chi connectivity index (χ2v) is 7.50. The van der Waals surface area contributed by atoms with Gasteiger partial charge in [-0.1, -0.05) is 42.5 Å². The van der Waals surface area contributed by atoms with Gasteiger partial charge in [0, 0.05) is 0 Å². The molecule has 3 N–H and O–H groups in total. The molecule has 1 unspecified atom stereocenters. The van der Waals surface area contributed by atoms with Crippen LogP contribution in [0.5, 0.6) is 0 Å². The zero-order valence-corrected chi connectivity index (χ0v) is 17.3. The van der Waals surface area contributed by atoms with E-state index < -0.39 is 17.9 Å². The van der Waals surface area contributed by atoms with E-state index in [9.17, 15) is 14.4 Å². The van der Waals surface area contributed by atoms with Crippen molar-refractivity contribution in [2.24, 2.45) is 0 Å². The quantitative estimate of drug-likeness (QED) is 0.593. The third kappa shape index (κ3) is 4.32. The van der Waals surface area contributed by atoms with E-state index in [1.54, 1.807) is 24.3 Å². The van der Waals surface area contributed by atoms with Crippen molar-refractivity contribution in [1.29, 1.82) is 0 Å². The first-order valence-corrected chi connectivity index (χ1v) is 10.0. The number of nitrogens with one attached hydrogen (secondary N) is 3. The van der Waals surface area contributed by atoms with Crippen molar-refractivity contribution >= 4 is 29.1 Å². The van der Waals surface area contributed by atoms with E-state index in [1.807, 2.05) is 48.9 Å². The number of anilines is 2. The first-order valence-electron chi connectivity index (χ1n) is 10.0. The van der Waals surface area contributed by atoms with Gasteiger partial charge >= 0.3 is 0 Å². The molecule has 3 amide bonds. The smallest absolute Gasteiger partial charge is 0.254 e. The number of benzene rings is 2. The zero-order chi connectivity index (χ0) is 22.0. The maximum Gasteiger partial charge on any atom is 0.254 e. The van der Waals surface area contributed by atoms with Gasteiger partial charge in [0.05, 0.1) is 41.3 Å². The van der Waals surface area contributed by atoms with Crippen LogP contribution in [0.1, 0.15) is 33.7 Å². The number of hydrogen-bond acceptors (Lipinski definition) is 4. The molecule has 31 heavy (non-hydrogen) atoms. The average molecular weight is 417 g/mol. The standard InChI is InChI=1S/C23H23N5O3/c1-14-21(15(2)28(27-14)13-16-8-4-3-5-9-16)26-20(29)12-19-23(31)24-18-11-7-6-10-17(18)22(30)25-19/h3-11,19H,12-13H2,1-2H3,(H,24,31)(H,25,30)(H,26,29). The van der Waals surface area contributed by atoms with Crippen LogP contribution in [0.15, 0.2) is 54.6 Å². The molecule has 4 rings (SSSR count). The van der Waals surface area contributed by atoms with Crippen LogP contribution in [-0.4, -0.2) is 33.5 Å². The first-order chi connectivity index (χ1) is 14.9. The fourth-order valence-electron chi connectivity index (χ4n) is 3.62. The van der Waals surface area contributed by atoms with E-state index in [-0.39, 0.29) is 12.3 Å². The monoisotopic (exact) mass is 417 g/mol. The molecule has 8 heteroatoms. The molecule has 0 spiro atoms. The van der Waals surface area contributed by atoms with Crippen LogP contribution in [-0.2, 0) is 16.1 Å². The molecular formula is C23H23N5O3. The lowest BCUT2D eigenvalue weighted by Crippen LogP contribution is -2.43. The van der Waals surface area contributed by atoms with E-state index in [0.29, 0.717) is 29.2 Å². The van der Waals surface area contributed by atoms with Crippen molar-refractivity contribution in [3.05, 3.63) is 77.1 Å². The van der Waals surface area contributed by atoms with Gasteiger partial charge < -0.3 is 16.0 Å². The fraction of sp³-hybridized carbons (Fsp3) is 0.217. The molecule has 1 aromatic heterocycles. The summed E-state index contributed by atoms with van der Waals surface area (Å²) >= 11 is 0. The Morgan fingerprint density at radius 2 is 1.77 bits per heavy atom. The molecule has 1 atom stereocenters. The minimum Gasteiger partial charge on any atom is -0.340 e. The van der Waals surface area contributed by atoms with Gasteiger partial charge in [-0.2, -0.15) is 5.10 Å². The number of para-hydroxylation sites is 1. The predicted octanol–water partition coefficient (Wildman–Crippen LogP) is 2.63. The van der Waals surface area contributed by atoms with E-state index in [0.717, 1.165) is 11.3 Å². The molecule has 2 aromatic carbocycles. The molecule has 1 aliphatic rings. The maximum atomic E-state index is 12.7. The lowest BCUT2D eigenvalue weighted by molar-refractivity contribution is -0.122. The Kier molecular flexibility index (Phi) is 5.53. The second-order valence-electron chi connectivity index (χ2n) is 7.50. The summed E-state index contributed by atoms with van der Waals surface area (Å²) in [6, 6.07) is 15.7. The molecule has 1 aliphatic heterocycles. The Bertz CT molecular complexity index is 1150. The summed E-state index contributed by atoms with van der Waals surface area (Å²) < 4.78 is 1.83. The number of fused-ring (bicyclic) bond motifs is 1. The summed E-state index contributed by atoms with van der Waals surface area (Å²) in [5.41, 5.74) is 4.02. The lowest BCUT2D eigenvalue weighted by atomic mass is 10.1. The van der Waals surface area contributed by atoms with E-state index in [2.05, 4.69) is 21.0 Å². The van der Waals surface area contributed by atoms with Gasteiger partial charge in [0.15, 0.2) is 0 Å². The Morgan fingerprint density at radius 1 is 1.06 bits per heavy atom. The van der Waals surface area contributed by atoms with Crippen molar-refractivity contribution in [2.45, 2.75) is 32.9 Å². The molecule has 2 heterocycles. The van der Waals surface area contributed by atoms with Crippen LogP contribution < -0.4 is 16.0 Å². The number of carbonyl (C=O) groups is 3. The second kappa shape index (κ2) is 8.43. The molecule has 0 fully saturated rings. The van der Waals surface area contributed by atoms with E-state index in [1.165, 1.54) is 0 Å². The fourth-order valence-corrected chi connectivity index (χ4v) is 3.62. The summed E-state index contributed by atoms with van der Waals surface area (Å²) in [5.74, 6) is -1.20. The molecular weight excluding hydrogens is 394 g/mol. The Morgan fingerprint density at radius 3 is 2.55 bits per heavy atom. The molecule has 0 bridgehead atoms. The number of rotatable bonds is 5. The topological polar surface area (TPSA) is 105 Å². The Balaban J connectivity index is 1.46. The number of amides is 3. The third-order valence-electron chi connectivity index (χ3n) is 5.26. The van der Waals surface area contributed by atoms with E-state index in [4.69, 9.17) is 0 Å². The highest BCUT2D eigenvalue weighted by Gasteiger charge is 2.29. The summed E-state index contributed by atoms with van der Waals surface area (Å²) in [6.07, 6.45) is -0.186. The number of aromatic nitrogens is 2. The van der Waals surface area contributed by atoms with Gasteiger partial charge in [-0.3, -0.25) is 19.1 Å². The number of aryl methyl sites for hydroxylation is 1.